The molecule has 0 heterocycles. The highest BCUT2D eigenvalue weighted by molar-refractivity contribution is 6.30. The lowest BCUT2D eigenvalue weighted by Crippen LogP contribution is -2.29. The standard InChI is InChI=1S/C18H19ClN2O3/c1-24-16-8-6-15(7-9-16)21-18(23)12-17(22)20-11-10-13-2-4-14(19)5-3-13/h2-9H,10-12H2,1H3,(H,20,22)(H,21,23). The second kappa shape index (κ2) is 8.93. The summed E-state index contributed by atoms with van der Waals surface area (Å²) in [7, 11) is 1.57. The van der Waals surface area contributed by atoms with Gasteiger partial charge in [0.1, 0.15) is 12.2 Å². The Morgan fingerprint density at radius 3 is 2.29 bits per heavy atom. The lowest BCUT2D eigenvalue weighted by molar-refractivity contribution is -0.126. The van der Waals surface area contributed by atoms with Crippen molar-refractivity contribution < 1.29 is 14.3 Å². The maximum absolute atomic E-state index is 11.8. The number of rotatable bonds is 7. The molecule has 0 aromatic heterocycles. The predicted molar refractivity (Wildman–Crippen MR) is 94.4 cm³/mol. The van der Waals surface area contributed by atoms with Gasteiger partial charge in [-0.2, -0.15) is 0 Å². The largest absolute Gasteiger partial charge is 0.497 e. The van der Waals surface area contributed by atoms with E-state index in [2.05, 4.69) is 10.6 Å². The van der Waals surface area contributed by atoms with Crippen molar-refractivity contribution in [3.63, 3.8) is 0 Å². The molecule has 0 unspecified atom stereocenters. The van der Waals surface area contributed by atoms with Crippen LogP contribution in [-0.2, 0) is 16.0 Å². The number of carbonyl (C=O) groups is 2. The van der Waals surface area contributed by atoms with Gasteiger partial charge in [0.2, 0.25) is 11.8 Å². The van der Waals surface area contributed by atoms with Gasteiger partial charge in [-0.15, -0.1) is 0 Å². The van der Waals surface area contributed by atoms with E-state index in [1.54, 1.807) is 43.5 Å². The lowest BCUT2D eigenvalue weighted by Gasteiger charge is -2.07. The highest BCUT2D eigenvalue weighted by Gasteiger charge is 2.09. The Labute approximate surface area is 146 Å². The first-order valence-corrected chi connectivity index (χ1v) is 7.89. The van der Waals surface area contributed by atoms with E-state index in [-0.39, 0.29) is 18.2 Å². The third kappa shape index (κ3) is 5.93. The van der Waals surface area contributed by atoms with Gasteiger partial charge in [0.05, 0.1) is 7.11 Å². The summed E-state index contributed by atoms with van der Waals surface area (Å²) < 4.78 is 5.04. The van der Waals surface area contributed by atoms with Crippen LogP contribution in [0.3, 0.4) is 0 Å². The van der Waals surface area contributed by atoms with E-state index >= 15 is 0 Å². The van der Waals surface area contributed by atoms with Crippen LogP contribution in [0, 0.1) is 0 Å². The molecule has 0 atom stereocenters. The molecule has 2 N–H and O–H groups in total. The first-order chi connectivity index (χ1) is 11.6. The molecule has 0 bridgehead atoms. The number of anilines is 1. The van der Waals surface area contributed by atoms with Crippen molar-refractivity contribution in [2.24, 2.45) is 0 Å². The molecule has 6 heteroatoms. The van der Waals surface area contributed by atoms with Crippen LogP contribution in [0.2, 0.25) is 5.02 Å². The fourth-order valence-electron chi connectivity index (χ4n) is 2.09. The Hall–Kier alpha value is -2.53. The molecule has 2 aromatic rings. The van der Waals surface area contributed by atoms with Crippen molar-refractivity contribution in [2.45, 2.75) is 12.8 Å². The third-order valence-corrected chi connectivity index (χ3v) is 3.60. The van der Waals surface area contributed by atoms with E-state index in [0.29, 0.717) is 29.4 Å². The van der Waals surface area contributed by atoms with E-state index in [9.17, 15) is 9.59 Å². The quantitative estimate of drug-likeness (QED) is 0.757. The molecule has 0 spiro atoms. The number of nitrogens with one attached hydrogen (secondary N) is 2. The molecule has 126 valence electrons. The Morgan fingerprint density at radius 1 is 1.00 bits per heavy atom. The molecular formula is C18H19ClN2O3. The molecule has 0 saturated carbocycles. The van der Waals surface area contributed by atoms with Gasteiger partial charge < -0.3 is 15.4 Å². The summed E-state index contributed by atoms with van der Waals surface area (Å²) in [6.45, 7) is 0.469. The van der Waals surface area contributed by atoms with Gasteiger partial charge in [-0.3, -0.25) is 9.59 Å². The van der Waals surface area contributed by atoms with E-state index < -0.39 is 0 Å². The number of hydrogen-bond donors (Lipinski definition) is 2. The fourth-order valence-corrected chi connectivity index (χ4v) is 2.21. The molecule has 24 heavy (non-hydrogen) atoms. The third-order valence-electron chi connectivity index (χ3n) is 3.34. The summed E-state index contributed by atoms with van der Waals surface area (Å²) in [5, 5.41) is 6.08. The fraction of sp³-hybridized carbons (Fsp3) is 0.222. The summed E-state index contributed by atoms with van der Waals surface area (Å²) >= 11 is 5.82. The number of halogens is 1. The van der Waals surface area contributed by atoms with Crippen LogP contribution in [0.1, 0.15) is 12.0 Å². The van der Waals surface area contributed by atoms with Crippen molar-refractivity contribution in [3.05, 3.63) is 59.1 Å². The van der Waals surface area contributed by atoms with Crippen LogP contribution < -0.4 is 15.4 Å². The highest BCUT2D eigenvalue weighted by atomic mass is 35.5. The Kier molecular flexibility index (Phi) is 6.63. The number of amides is 2. The van der Waals surface area contributed by atoms with E-state index in [0.717, 1.165) is 5.56 Å². The molecule has 2 aromatic carbocycles. The molecular weight excluding hydrogens is 328 g/mol. The number of methoxy groups -OCH3 is 1. The summed E-state index contributed by atoms with van der Waals surface area (Å²) in [4.78, 5) is 23.6. The SMILES string of the molecule is COc1ccc(NC(=O)CC(=O)NCCc2ccc(Cl)cc2)cc1. The number of carbonyl (C=O) groups excluding carboxylic acids is 2. The van der Waals surface area contributed by atoms with Crippen LogP contribution in [-0.4, -0.2) is 25.5 Å². The molecule has 0 aliphatic heterocycles. The maximum atomic E-state index is 11.8. The average Bonchev–Trinajstić information content (AvgIpc) is 2.57. The van der Waals surface area contributed by atoms with E-state index in [4.69, 9.17) is 16.3 Å². The van der Waals surface area contributed by atoms with Crippen molar-refractivity contribution in [3.8, 4) is 5.75 Å². The average molecular weight is 347 g/mol. The minimum Gasteiger partial charge on any atom is -0.497 e. The molecule has 0 aliphatic rings. The van der Waals surface area contributed by atoms with Gasteiger partial charge in [-0.25, -0.2) is 0 Å². The van der Waals surface area contributed by atoms with Crippen molar-refractivity contribution in [2.75, 3.05) is 19.0 Å². The smallest absolute Gasteiger partial charge is 0.233 e. The topological polar surface area (TPSA) is 67.4 Å². The lowest BCUT2D eigenvalue weighted by atomic mass is 10.1. The summed E-state index contributed by atoms with van der Waals surface area (Å²) in [5.74, 6) is 0.0343. The first kappa shape index (κ1) is 17.8. The summed E-state index contributed by atoms with van der Waals surface area (Å²) in [6, 6.07) is 14.3. The minimum atomic E-state index is -0.357. The van der Waals surface area contributed by atoms with Gasteiger partial charge in [0.25, 0.3) is 0 Å². The van der Waals surface area contributed by atoms with Gasteiger partial charge in [0.15, 0.2) is 0 Å². The zero-order valence-electron chi connectivity index (χ0n) is 13.3. The molecule has 2 rings (SSSR count). The van der Waals surface area contributed by atoms with E-state index in [1.807, 2.05) is 12.1 Å². The highest BCUT2D eigenvalue weighted by Crippen LogP contribution is 2.15. The predicted octanol–water partition coefficient (Wildman–Crippen LogP) is 3.04. The summed E-state index contributed by atoms with van der Waals surface area (Å²) in [6.07, 6.45) is 0.468. The minimum absolute atomic E-state index is 0.216. The summed E-state index contributed by atoms with van der Waals surface area (Å²) in [5.41, 5.74) is 1.69. The van der Waals surface area contributed by atoms with Crippen LogP contribution in [0.15, 0.2) is 48.5 Å². The Bertz CT molecular complexity index is 684. The number of hydrogen-bond acceptors (Lipinski definition) is 3. The maximum Gasteiger partial charge on any atom is 0.233 e. The Balaban J connectivity index is 1.70. The van der Waals surface area contributed by atoms with E-state index in [1.165, 1.54) is 0 Å². The second-order valence-electron chi connectivity index (χ2n) is 5.18. The molecule has 0 fully saturated rings. The zero-order valence-corrected chi connectivity index (χ0v) is 14.1. The molecule has 0 saturated heterocycles. The first-order valence-electron chi connectivity index (χ1n) is 7.52. The number of ether oxygens (including phenoxy) is 1. The molecule has 2 amide bonds. The van der Waals surface area contributed by atoms with Crippen molar-refractivity contribution >= 4 is 29.1 Å². The van der Waals surface area contributed by atoms with Crippen LogP contribution in [0.5, 0.6) is 5.75 Å². The molecule has 0 aliphatic carbocycles. The van der Waals surface area contributed by atoms with Crippen LogP contribution >= 0.6 is 11.6 Å². The monoisotopic (exact) mass is 346 g/mol. The van der Waals surface area contributed by atoms with Crippen molar-refractivity contribution in [1.82, 2.24) is 5.32 Å². The normalized spacial score (nSPS) is 10.1. The zero-order chi connectivity index (χ0) is 17.4. The van der Waals surface area contributed by atoms with Gasteiger partial charge in [0, 0.05) is 17.3 Å². The Morgan fingerprint density at radius 2 is 1.67 bits per heavy atom. The van der Waals surface area contributed by atoms with Gasteiger partial charge >= 0.3 is 0 Å². The van der Waals surface area contributed by atoms with Crippen LogP contribution in [0.4, 0.5) is 5.69 Å². The number of benzene rings is 2. The van der Waals surface area contributed by atoms with Crippen LogP contribution in [0.25, 0.3) is 0 Å². The van der Waals surface area contributed by atoms with Crippen molar-refractivity contribution in [1.29, 1.82) is 0 Å². The second-order valence-corrected chi connectivity index (χ2v) is 5.62. The molecule has 5 nitrogen and oxygen atoms in total. The van der Waals surface area contributed by atoms with Gasteiger partial charge in [-0.05, 0) is 48.4 Å². The molecule has 0 radical (unpaired) electrons. The van der Waals surface area contributed by atoms with Gasteiger partial charge in [-0.1, -0.05) is 23.7 Å².